The summed E-state index contributed by atoms with van der Waals surface area (Å²) in [4.78, 5) is 16.1. The minimum Gasteiger partial charge on any atom is -0.383 e. The molecule has 0 aromatic carbocycles. The SMILES string of the molecule is COCCNc1nc(-c2nccn2C)nc2sc(-c3ccn(C(C)C)n3)c(C)c12. The van der Waals surface area contributed by atoms with Gasteiger partial charge in [0.2, 0.25) is 0 Å². The Hall–Kier alpha value is -2.78. The van der Waals surface area contributed by atoms with Gasteiger partial charge in [-0.15, -0.1) is 11.3 Å². The fourth-order valence-corrected chi connectivity index (χ4v) is 4.36. The van der Waals surface area contributed by atoms with Crippen molar-refractivity contribution in [2.24, 2.45) is 7.05 Å². The lowest BCUT2D eigenvalue weighted by atomic mass is 10.1. The van der Waals surface area contributed by atoms with Crippen LogP contribution in [0.2, 0.25) is 0 Å². The first-order chi connectivity index (χ1) is 14.0. The van der Waals surface area contributed by atoms with Crippen molar-refractivity contribution in [1.82, 2.24) is 29.3 Å². The van der Waals surface area contributed by atoms with Crippen LogP contribution < -0.4 is 5.32 Å². The second-order valence-corrected chi connectivity index (χ2v) is 8.19. The van der Waals surface area contributed by atoms with Crippen molar-refractivity contribution < 1.29 is 4.74 Å². The van der Waals surface area contributed by atoms with Gasteiger partial charge in [-0.25, -0.2) is 15.0 Å². The highest BCUT2D eigenvalue weighted by molar-refractivity contribution is 7.22. The monoisotopic (exact) mass is 411 g/mol. The van der Waals surface area contributed by atoms with E-state index in [0.29, 0.717) is 25.0 Å². The van der Waals surface area contributed by atoms with Crippen LogP contribution in [0.25, 0.3) is 32.4 Å². The molecule has 4 aromatic heterocycles. The zero-order valence-corrected chi connectivity index (χ0v) is 18.1. The molecule has 0 aliphatic rings. The van der Waals surface area contributed by atoms with Crippen LogP contribution >= 0.6 is 11.3 Å². The molecule has 29 heavy (non-hydrogen) atoms. The third kappa shape index (κ3) is 3.63. The largest absolute Gasteiger partial charge is 0.383 e. The Labute approximate surface area is 173 Å². The topological polar surface area (TPSA) is 82.7 Å². The lowest BCUT2D eigenvalue weighted by molar-refractivity contribution is 0.210. The summed E-state index contributed by atoms with van der Waals surface area (Å²) in [5.74, 6) is 2.14. The van der Waals surface area contributed by atoms with E-state index < -0.39 is 0 Å². The minimum atomic E-state index is 0.319. The van der Waals surface area contributed by atoms with Crippen molar-refractivity contribution in [2.75, 3.05) is 25.6 Å². The molecule has 0 saturated heterocycles. The van der Waals surface area contributed by atoms with Crippen molar-refractivity contribution in [2.45, 2.75) is 26.8 Å². The highest BCUT2D eigenvalue weighted by atomic mass is 32.1. The highest BCUT2D eigenvalue weighted by Gasteiger charge is 2.20. The molecule has 4 rings (SSSR count). The molecule has 0 unspecified atom stereocenters. The Morgan fingerprint density at radius 2 is 2.07 bits per heavy atom. The van der Waals surface area contributed by atoms with Gasteiger partial charge in [0, 0.05) is 45.3 Å². The molecule has 0 fully saturated rings. The van der Waals surface area contributed by atoms with Gasteiger partial charge in [0.05, 0.1) is 16.9 Å². The number of hydrogen-bond acceptors (Lipinski definition) is 7. The molecule has 0 amide bonds. The molecule has 8 nitrogen and oxygen atoms in total. The van der Waals surface area contributed by atoms with Crippen molar-refractivity contribution >= 4 is 27.4 Å². The van der Waals surface area contributed by atoms with Crippen LogP contribution in [0.1, 0.15) is 25.5 Å². The number of aromatic nitrogens is 6. The lowest BCUT2D eigenvalue weighted by Crippen LogP contribution is -2.10. The summed E-state index contributed by atoms with van der Waals surface area (Å²) in [6.07, 6.45) is 5.67. The molecule has 4 heterocycles. The second kappa shape index (κ2) is 7.92. The third-order valence-corrected chi connectivity index (χ3v) is 5.99. The van der Waals surface area contributed by atoms with E-state index in [9.17, 15) is 0 Å². The van der Waals surface area contributed by atoms with Crippen molar-refractivity contribution in [3.8, 4) is 22.2 Å². The van der Waals surface area contributed by atoms with Crippen LogP contribution in [0.3, 0.4) is 0 Å². The van der Waals surface area contributed by atoms with Gasteiger partial charge in [-0.1, -0.05) is 0 Å². The molecular formula is C20H25N7OS. The van der Waals surface area contributed by atoms with E-state index in [-0.39, 0.29) is 0 Å². The molecule has 9 heteroatoms. The summed E-state index contributed by atoms with van der Waals surface area (Å²) in [7, 11) is 3.63. The summed E-state index contributed by atoms with van der Waals surface area (Å²) < 4.78 is 9.09. The molecular weight excluding hydrogens is 386 g/mol. The van der Waals surface area contributed by atoms with Gasteiger partial charge in [-0.05, 0) is 32.4 Å². The van der Waals surface area contributed by atoms with E-state index >= 15 is 0 Å². The third-order valence-electron chi connectivity index (χ3n) is 4.78. The molecule has 0 saturated carbocycles. The Balaban J connectivity index is 1.86. The van der Waals surface area contributed by atoms with Crippen LogP contribution in [0.4, 0.5) is 5.82 Å². The molecule has 152 valence electrons. The van der Waals surface area contributed by atoms with Crippen molar-refractivity contribution in [3.63, 3.8) is 0 Å². The predicted molar refractivity (Wildman–Crippen MR) is 116 cm³/mol. The number of aryl methyl sites for hydroxylation is 2. The smallest absolute Gasteiger partial charge is 0.199 e. The molecule has 0 radical (unpaired) electrons. The molecule has 0 atom stereocenters. The number of anilines is 1. The molecule has 1 N–H and O–H groups in total. The number of nitrogens with zero attached hydrogens (tertiary/aromatic N) is 6. The van der Waals surface area contributed by atoms with Gasteiger partial charge in [-0.3, -0.25) is 4.68 Å². The number of rotatable bonds is 7. The second-order valence-electron chi connectivity index (χ2n) is 7.19. The number of ether oxygens (including phenoxy) is 1. The number of fused-ring (bicyclic) bond motifs is 1. The summed E-state index contributed by atoms with van der Waals surface area (Å²) in [5.41, 5.74) is 2.09. The Morgan fingerprint density at radius 1 is 1.24 bits per heavy atom. The first-order valence-electron chi connectivity index (χ1n) is 9.56. The lowest BCUT2D eigenvalue weighted by Gasteiger charge is -2.09. The Morgan fingerprint density at radius 3 is 2.72 bits per heavy atom. The first kappa shape index (κ1) is 19.5. The summed E-state index contributed by atoms with van der Waals surface area (Å²) in [6, 6.07) is 2.38. The van der Waals surface area contributed by atoms with Crippen molar-refractivity contribution in [1.29, 1.82) is 0 Å². The molecule has 4 aromatic rings. The zero-order valence-electron chi connectivity index (χ0n) is 17.3. The predicted octanol–water partition coefficient (Wildman–Crippen LogP) is 3.90. The number of methoxy groups -OCH3 is 1. The van der Waals surface area contributed by atoms with Crippen LogP contribution in [0.15, 0.2) is 24.7 Å². The average Bonchev–Trinajstić information content (AvgIpc) is 3.40. The quantitative estimate of drug-likeness (QED) is 0.465. The Kier molecular flexibility index (Phi) is 5.33. The van der Waals surface area contributed by atoms with Gasteiger partial charge in [-0.2, -0.15) is 5.10 Å². The number of nitrogens with one attached hydrogen (secondary N) is 1. The van der Waals surface area contributed by atoms with Crippen LogP contribution in [-0.4, -0.2) is 49.6 Å². The van der Waals surface area contributed by atoms with Crippen molar-refractivity contribution in [3.05, 3.63) is 30.2 Å². The van der Waals surface area contributed by atoms with Gasteiger partial charge in [0.25, 0.3) is 0 Å². The summed E-state index contributed by atoms with van der Waals surface area (Å²) >= 11 is 1.64. The van der Waals surface area contributed by atoms with Crippen LogP contribution in [-0.2, 0) is 11.8 Å². The summed E-state index contributed by atoms with van der Waals surface area (Å²) in [6.45, 7) is 7.61. The number of thiophene rings is 1. The minimum absolute atomic E-state index is 0.319. The zero-order chi connectivity index (χ0) is 20.5. The maximum atomic E-state index is 5.19. The van der Waals surface area contributed by atoms with E-state index in [4.69, 9.17) is 19.8 Å². The maximum Gasteiger partial charge on any atom is 0.199 e. The van der Waals surface area contributed by atoms with E-state index in [0.717, 1.165) is 38.0 Å². The van der Waals surface area contributed by atoms with Gasteiger partial charge in [0.1, 0.15) is 16.3 Å². The molecule has 0 spiro atoms. The standard InChI is InChI=1S/C20H25N7OS/c1-12(2)27-9-6-14(25-27)16-13(3)15-17(21-8-11-28-5)23-18(24-20(15)29-16)19-22-7-10-26(19)4/h6-7,9-10,12H,8,11H2,1-5H3,(H,21,23,24). The van der Waals surface area contributed by atoms with E-state index in [1.807, 2.05) is 28.7 Å². The normalized spacial score (nSPS) is 11.7. The summed E-state index contributed by atoms with van der Waals surface area (Å²) in [5, 5.41) is 9.18. The van der Waals surface area contributed by atoms with E-state index in [2.05, 4.69) is 37.1 Å². The van der Waals surface area contributed by atoms with E-state index in [1.165, 1.54) is 0 Å². The first-order valence-corrected chi connectivity index (χ1v) is 10.4. The average molecular weight is 412 g/mol. The molecule has 0 aliphatic carbocycles. The number of hydrogen-bond donors (Lipinski definition) is 1. The van der Waals surface area contributed by atoms with Gasteiger partial charge >= 0.3 is 0 Å². The van der Waals surface area contributed by atoms with E-state index in [1.54, 1.807) is 24.6 Å². The number of imidazole rings is 1. The fraction of sp³-hybridized carbons (Fsp3) is 0.400. The fourth-order valence-electron chi connectivity index (χ4n) is 3.21. The molecule has 0 aliphatic heterocycles. The highest BCUT2D eigenvalue weighted by Crippen LogP contribution is 2.40. The van der Waals surface area contributed by atoms with Crippen LogP contribution in [0.5, 0.6) is 0 Å². The Bertz CT molecular complexity index is 1140. The van der Waals surface area contributed by atoms with Gasteiger partial charge < -0.3 is 14.6 Å². The van der Waals surface area contributed by atoms with Gasteiger partial charge in [0.15, 0.2) is 11.6 Å². The molecule has 0 bridgehead atoms. The maximum absolute atomic E-state index is 5.19. The van der Waals surface area contributed by atoms with Crippen LogP contribution in [0, 0.1) is 6.92 Å².